The van der Waals surface area contributed by atoms with Gasteiger partial charge in [0.25, 0.3) is 0 Å². The van der Waals surface area contributed by atoms with Crippen LogP contribution in [0.15, 0.2) is 23.1 Å². The van der Waals surface area contributed by atoms with Crippen LogP contribution in [0, 0.1) is 12.7 Å². The van der Waals surface area contributed by atoms with Gasteiger partial charge in [0.05, 0.1) is 11.4 Å². The summed E-state index contributed by atoms with van der Waals surface area (Å²) in [7, 11) is -3.89. The SMILES string of the molecule is CC(=O)N1CCN(C(=O)CNS(=O)(=O)c2ccc(F)c(C)c2)CC1. The maximum atomic E-state index is 13.2. The largest absolute Gasteiger partial charge is 0.339 e. The van der Waals surface area contributed by atoms with Crippen molar-refractivity contribution in [1.29, 1.82) is 0 Å². The van der Waals surface area contributed by atoms with Crippen molar-refractivity contribution in [2.45, 2.75) is 18.7 Å². The molecule has 1 aromatic rings. The molecule has 0 atom stereocenters. The third-order valence-electron chi connectivity index (χ3n) is 3.93. The van der Waals surface area contributed by atoms with Crippen LogP contribution >= 0.6 is 0 Å². The Bertz CT molecular complexity index is 743. The Kier molecular flexibility index (Phi) is 5.55. The number of hydrogen-bond donors (Lipinski definition) is 1. The Labute approximate surface area is 140 Å². The first-order valence-electron chi connectivity index (χ1n) is 7.50. The van der Waals surface area contributed by atoms with Gasteiger partial charge < -0.3 is 9.80 Å². The molecular weight excluding hydrogens is 337 g/mol. The van der Waals surface area contributed by atoms with E-state index in [1.165, 1.54) is 24.8 Å². The van der Waals surface area contributed by atoms with Gasteiger partial charge in [-0.1, -0.05) is 0 Å². The molecule has 1 saturated heterocycles. The lowest BCUT2D eigenvalue weighted by atomic mass is 10.2. The fourth-order valence-electron chi connectivity index (χ4n) is 2.41. The van der Waals surface area contributed by atoms with Crippen molar-refractivity contribution in [3.05, 3.63) is 29.6 Å². The highest BCUT2D eigenvalue weighted by atomic mass is 32.2. The highest BCUT2D eigenvalue weighted by molar-refractivity contribution is 7.89. The summed E-state index contributed by atoms with van der Waals surface area (Å²) in [5, 5.41) is 0. The highest BCUT2D eigenvalue weighted by Crippen LogP contribution is 2.14. The fourth-order valence-corrected chi connectivity index (χ4v) is 3.47. The smallest absolute Gasteiger partial charge is 0.241 e. The first-order valence-corrected chi connectivity index (χ1v) is 8.98. The molecule has 1 aliphatic heterocycles. The van der Waals surface area contributed by atoms with Gasteiger partial charge in [0.2, 0.25) is 21.8 Å². The molecule has 1 fully saturated rings. The normalized spacial score (nSPS) is 15.5. The lowest BCUT2D eigenvalue weighted by Crippen LogP contribution is -2.52. The van der Waals surface area contributed by atoms with E-state index in [1.54, 1.807) is 4.90 Å². The summed E-state index contributed by atoms with van der Waals surface area (Å²) in [6.07, 6.45) is 0. The van der Waals surface area contributed by atoms with Gasteiger partial charge in [-0.25, -0.2) is 17.5 Å². The molecule has 7 nitrogen and oxygen atoms in total. The first-order chi connectivity index (χ1) is 11.2. The fraction of sp³-hybridized carbons (Fsp3) is 0.467. The second-order valence-electron chi connectivity index (χ2n) is 5.62. The van der Waals surface area contributed by atoms with Gasteiger partial charge in [0, 0.05) is 33.1 Å². The molecule has 1 aliphatic rings. The number of amides is 2. The third kappa shape index (κ3) is 4.30. The second kappa shape index (κ2) is 7.27. The lowest BCUT2D eigenvalue weighted by Gasteiger charge is -2.34. The summed E-state index contributed by atoms with van der Waals surface area (Å²) < 4.78 is 39.8. The van der Waals surface area contributed by atoms with E-state index in [-0.39, 0.29) is 28.8 Å². The molecule has 1 heterocycles. The molecular formula is C15H20FN3O4S. The van der Waals surface area contributed by atoms with Crippen molar-refractivity contribution in [1.82, 2.24) is 14.5 Å². The molecule has 0 aromatic heterocycles. The van der Waals surface area contributed by atoms with Crippen LogP contribution in [0.25, 0.3) is 0 Å². The van der Waals surface area contributed by atoms with Gasteiger partial charge in [-0.2, -0.15) is 0 Å². The second-order valence-corrected chi connectivity index (χ2v) is 7.39. The van der Waals surface area contributed by atoms with Crippen molar-refractivity contribution in [3.63, 3.8) is 0 Å². The molecule has 1 N–H and O–H groups in total. The van der Waals surface area contributed by atoms with Crippen LogP contribution < -0.4 is 4.72 Å². The van der Waals surface area contributed by atoms with E-state index in [0.717, 1.165) is 12.1 Å². The van der Waals surface area contributed by atoms with E-state index in [4.69, 9.17) is 0 Å². The van der Waals surface area contributed by atoms with Gasteiger partial charge in [-0.3, -0.25) is 9.59 Å². The number of carbonyl (C=O) groups is 2. The maximum Gasteiger partial charge on any atom is 0.241 e. The maximum absolute atomic E-state index is 13.2. The summed E-state index contributed by atoms with van der Waals surface area (Å²) >= 11 is 0. The van der Waals surface area contributed by atoms with Crippen LogP contribution in [0.2, 0.25) is 0 Å². The topological polar surface area (TPSA) is 86.8 Å². The number of rotatable bonds is 4. The zero-order valence-electron chi connectivity index (χ0n) is 13.6. The molecule has 24 heavy (non-hydrogen) atoms. The Morgan fingerprint density at radius 2 is 1.75 bits per heavy atom. The minimum Gasteiger partial charge on any atom is -0.339 e. The molecule has 0 aliphatic carbocycles. The average molecular weight is 357 g/mol. The number of halogens is 1. The molecule has 0 bridgehead atoms. The Balaban J connectivity index is 1.93. The Hall–Kier alpha value is -2.00. The van der Waals surface area contributed by atoms with Crippen molar-refractivity contribution in [2.24, 2.45) is 0 Å². The highest BCUT2D eigenvalue weighted by Gasteiger charge is 2.24. The zero-order chi connectivity index (χ0) is 17.9. The van der Waals surface area contributed by atoms with E-state index in [2.05, 4.69) is 4.72 Å². The van der Waals surface area contributed by atoms with Crippen LogP contribution in [0.5, 0.6) is 0 Å². The number of hydrogen-bond acceptors (Lipinski definition) is 4. The zero-order valence-corrected chi connectivity index (χ0v) is 14.4. The van der Waals surface area contributed by atoms with Gasteiger partial charge in [0.15, 0.2) is 0 Å². The lowest BCUT2D eigenvalue weighted by molar-refractivity contribution is -0.137. The Morgan fingerprint density at radius 3 is 2.29 bits per heavy atom. The van der Waals surface area contributed by atoms with Crippen LogP contribution in [-0.4, -0.2) is 62.8 Å². The number of carbonyl (C=O) groups excluding carboxylic acids is 2. The predicted molar refractivity (Wildman–Crippen MR) is 85.2 cm³/mol. The molecule has 1 aromatic carbocycles. The van der Waals surface area contributed by atoms with Gasteiger partial charge in [-0.15, -0.1) is 0 Å². The molecule has 9 heteroatoms. The van der Waals surface area contributed by atoms with Crippen molar-refractivity contribution in [3.8, 4) is 0 Å². The molecule has 0 radical (unpaired) electrons. The molecule has 0 unspecified atom stereocenters. The standard InChI is InChI=1S/C15H20FN3O4S/c1-11-9-13(3-4-14(11)16)24(22,23)17-10-15(21)19-7-5-18(6-8-19)12(2)20/h3-4,9,17H,5-8,10H2,1-2H3. The number of aryl methyl sites for hydroxylation is 1. The predicted octanol–water partition coefficient (Wildman–Crippen LogP) is 0.103. The minimum absolute atomic E-state index is 0.0468. The molecule has 2 amide bonds. The van der Waals surface area contributed by atoms with Crippen LogP contribution in [0.1, 0.15) is 12.5 Å². The molecule has 132 valence electrons. The first kappa shape index (κ1) is 18.3. The van der Waals surface area contributed by atoms with Crippen molar-refractivity contribution in [2.75, 3.05) is 32.7 Å². The summed E-state index contributed by atoms with van der Waals surface area (Å²) in [5.41, 5.74) is 0.213. The number of piperazine rings is 1. The van der Waals surface area contributed by atoms with E-state index < -0.39 is 15.8 Å². The number of sulfonamides is 1. The van der Waals surface area contributed by atoms with Gasteiger partial charge in [0.1, 0.15) is 5.82 Å². The summed E-state index contributed by atoms with van der Waals surface area (Å²) in [5.74, 6) is -0.900. The average Bonchev–Trinajstić information content (AvgIpc) is 2.55. The summed E-state index contributed by atoms with van der Waals surface area (Å²) in [4.78, 5) is 26.4. The van der Waals surface area contributed by atoms with Gasteiger partial charge in [-0.05, 0) is 30.7 Å². The minimum atomic E-state index is -3.89. The van der Waals surface area contributed by atoms with E-state index >= 15 is 0 Å². The van der Waals surface area contributed by atoms with Crippen LogP contribution in [-0.2, 0) is 19.6 Å². The number of benzene rings is 1. The number of nitrogens with zero attached hydrogens (tertiary/aromatic N) is 2. The van der Waals surface area contributed by atoms with Crippen LogP contribution in [0.4, 0.5) is 4.39 Å². The Morgan fingerprint density at radius 1 is 1.17 bits per heavy atom. The van der Waals surface area contributed by atoms with Gasteiger partial charge >= 0.3 is 0 Å². The third-order valence-corrected chi connectivity index (χ3v) is 5.33. The monoisotopic (exact) mass is 357 g/mol. The number of nitrogens with one attached hydrogen (secondary N) is 1. The summed E-state index contributed by atoms with van der Waals surface area (Å²) in [6, 6.07) is 3.45. The van der Waals surface area contributed by atoms with Crippen molar-refractivity contribution < 1.29 is 22.4 Å². The van der Waals surface area contributed by atoms with Crippen molar-refractivity contribution >= 4 is 21.8 Å². The molecule has 0 saturated carbocycles. The quantitative estimate of drug-likeness (QED) is 0.828. The van der Waals surface area contributed by atoms with E-state index in [0.29, 0.717) is 26.2 Å². The summed E-state index contributed by atoms with van der Waals surface area (Å²) in [6.45, 7) is 4.17. The van der Waals surface area contributed by atoms with E-state index in [1.807, 2.05) is 0 Å². The van der Waals surface area contributed by atoms with E-state index in [9.17, 15) is 22.4 Å². The van der Waals surface area contributed by atoms with Crippen LogP contribution in [0.3, 0.4) is 0 Å². The molecule has 0 spiro atoms. The molecule has 2 rings (SSSR count).